The number of carbonyl (C=O) groups is 2. The van der Waals surface area contributed by atoms with Gasteiger partial charge in [-0.2, -0.15) is 0 Å². The maximum absolute atomic E-state index is 12.0. The number of carboxylic acid groups (broad SMARTS) is 1. The number of nitrogens with one attached hydrogen (secondary N) is 2. The fourth-order valence-corrected chi connectivity index (χ4v) is 1.91. The molecule has 2 rings (SSSR count). The van der Waals surface area contributed by atoms with E-state index in [4.69, 9.17) is 4.74 Å². The highest BCUT2D eigenvalue weighted by atomic mass is 16.5. The Labute approximate surface area is 108 Å². The first-order valence-electron chi connectivity index (χ1n) is 5.74. The van der Waals surface area contributed by atoms with Crippen LogP contribution in [0.15, 0.2) is 23.3 Å². The Morgan fingerprint density at radius 2 is 2.32 bits per heavy atom. The van der Waals surface area contributed by atoms with E-state index in [1.54, 1.807) is 0 Å². The van der Waals surface area contributed by atoms with Gasteiger partial charge in [0.25, 0.3) is 5.91 Å². The summed E-state index contributed by atoms with van der Waals surface area (Å²) in [6.07, 6.45) is 2.70. The van der Waals surface area contributed by atoms with Crippen LogP contribution >= 0.6 is 0 Å². The summed E-state index contributed by atoms with van der Waals surface area (Å²) in [5.41, 5.74) is -1.66. The second-order valence-corrected chi connectivity index (χ2v) is 4.69. The van der Waals surface area contributed by atoms with Gasteiger partial charge in [0.2, 0.25) is 0 Å². The predicted molar refractivity (Wildman–Crippen MR) is 64.9 cm³/mol. The van der Waals surface area contributed by atoms with Gasteiger partial charge in [0.05, 0.1) is 19.3 Å². The Morgan fingerprint density at radius 1 is 1.58 bits per heavy atom. The molecule has 7 heteroatoms. The standard InChI is InChI=1S/C12H14N2O5/c1-12(11(17)18)6-19-5-9(12)14-10(16)7-4-13-3-2-8(7)15/h2-4,9H,5-6H2,1H3,(H,13,15)(H,14,16)(H,17,18). The van der Waals surface area contributed by atoms with Crippen molar-refractivity contribution in [3.05, 3.63) is 34.2 Å². The van der Waals surface area contributed by atoms with Crippen LogP contribution in [-0.2, 0) is 9.53 Å². The molecular formula is C12H14N2O5. The van der Waals surface area contributed by atoms with Crippen molar-refractivity contribution in [3.63, 3.8) is 0 Å². The number of carbonyl (C=O) groups excluding carboxylic acids is 1. The van der Waals surface area contributed by atoms with Crippen molar-refractivity contribution >= 4 is 11.9 Å². The molecule has 2 unspecified atom stereocenters. The molecule has 19 heavy (non-hydrogen) atoms. The number of amides is 1. The molecule has 0 spiro atoms. The summed E-state index contributed by atoms with van der Waals surface area (Å²) in [6.45, 7) is 1.64. The van der Waals surface area contributed by atoms with Crippen LogP contribution in [0.3, 0.4) is 0 Å². The molecule has 2 heterocycles. The van der Waals surface area contributed by atoms with Crippen molar-refractivity contribution in [1.82, 2.24) is 10.3 Å². The largest absolute Gasteiger partial charge is 0.481 e. The van der Waals surface area contributed by atoms with E-state index in [0.717, 1.165) is 0 Å². The fourth-order valence-electron chi connectivity index (χ4n) is 1.91. The number of aliphatic carboxylic acids is 1. The van der Waals surface area contributed by atoms with Crippen molar-refractivity contribution in [2.24, 2.45) is 5.41 Å². The van der Waals surface area contributed by atoms with E-state index in [1.807, 2.05) is 0 Å². The highest BCUT2D eigenvalue weighted by Crippen LogP contribution is 2.28. The third-order valence-electron chi connectivity index (χ3n) is 3.32. The number of aromatic nitrogens is 1. The first-order chi connectivity index (χ1) is 8.95. The molecule has 1 amide bonds. The second-order valence-electron chi connectivity index (χ2n) is 4.69. The van der Waals surface area contributed by atoms with E-state index in [-0.39, 0.29) is 18.8 Å². The van der Waals surface area contributed by atoms with Crippen LogP contribution in [-0.4, -0.2) is 41.2 Å². The first-order valence-corrected chi connectivity index (χ1v) is 5.74. The molecule has 1 aliphatic rings. The molecular weight excluding hydrogens is 252 g/mol. The van der Waals surface area contributed by atoms with Gasteiger partial charge in [-0.3, -0.25) is 14.4 Å². The molecule has 0 bridgehead atoms. The maximum Gasteiger partial charge on any atom is 0.313 e. The lowest BCUT2D eigenvalue weighted by Crippen LogP contribution is -2.50. The van der Waals surface area contributed by atoms with Crippen molar-refractivity contribution in [2.45, 2.75) is 13.0 Å². The molecule has 0 aromatic carbocycles. The summed E-state index contributed by atoms with van der Waals surface area (Å²) < 4.78 is 5.12. The third-order valence-corrected chi connectivity index (χ3v) is 3.32. The lowest BCUT2D eigenvalue weighted by molar-refractivity contribution is -0.148. The van der Waals surface area contributed by atoms with Gasteiger partial charge in [0.15, 0.2) is 5.43 Å². The molecule has 0 radical (unpaired) electrons. The zero-order valence-corrected chi connectivity index (χ0v) is 10.3. The molecule has 1 saturated heterocycles. The zero-order valence-electron chi connectivity index (χ0n) is 10.3. The van der Waals surface area contributed by atoms with Crippen LogP contribution in [0.2, 0.25) is 0 Å². The number of pyridine rings is 1. The first kappa shape index (κ1) is 13.3. The van der Waals surface area contributed by atoms with Gasteiger partial charge in [-0.15, -0.1) is 0 Å². The molecule has 1 fully saturated rings. The van der Waals surface area contributed by atoms with Crippen LogP contribution in [0.1, 0.15) is 17.3 Å². The van der Waals surface area contributed by atoms with Crippen LogP contribution in [0, 0.1) is 5.41 Å². The van der Waals surface area contributed by atoms with Crippen LogP contribution in [0.25, 0.3) is 0 Å². The van der Waals surface area contributed by atoms with Crippen molar-refractivity contribution in [1.29, 1.82) is 0 Å². The minimum Gasteiger partial charge on any atom is -0.481 e. The molecule has 1 aliphatic heterocycles. The van der Waals surface area contributed by atoms with Gasteiger partial charge in [-0.1, -0.05) is 0 Å². The van der Waals surface area contributed by atoms with E-state index in [0.29, 0.717) is 0 Å². The van der Waals surface area contributed by atoms with Gasteiger partial charge in [0, 0.05) is 18.5 Å². The number of H-pyrrole nitrogens is 1. The molecule has 102 valence electrons. The third kappa shape index (κ3) is 2.37. The van der Waals surface area contributed by atoms with Gasteiger partial charge < -0.3 is 20.1 Å². The minimum absolute atomic E-state index is 0.0262. The van der Waals surface area contributed by atoms with Gasteiger partial charge in [0.1, 0.15) is 11.0 Å². The number of ether oxygens (including phenoxy) is 1. The molecule has 2 atom stereocenters. The molecule has 0 saturated carbocycles. The number of aromatic amines is 1. The summed E-state index contributed by atoms with van der Waals surface area (Å²) >= 11 is 0. The fraction of sp³-hybridized carbons (Fsp3) is 0.417. The lowest BCUT2D eigenvalue weighted by atomic mass is 9.85. The summed E-state index contributed by atoms with van der Waals surface area (Å²) in [5, 5.41) is 11.7. The molecule has 3 N–H and O–H groups in total. The second kappa shape index (κ2) is 4.85. The Kier molecular flexibility index (Phi) is 3.39. The molecule has 1 aromatic heterocycles. The van der Waals surface area contributed by atoms with E-state index < -0.39 is 28.8 Å². The molecule has 7 nitrogen and oxygen atoms in total. The Morgan fingerprint density at radius 3 is 2.95 bits per heavy atom. The zero-order chi connectivity index (χ0) is 14.0. The van der Waals surface area contributed by atoms with Crippen LogP contribution < -0.4 is 10.7 Å². The van der Waals surface area contributed by atoms with Gasteiger partial charge in [-0.05, 0) is 6.92 Å². The minimum atomic E-state index is -1.18. The summed E-state index contributed by atoms with van der Waals surface area (Å²) in [5.74, 6) is -1.65. The quantitative estimate of drug-likeness (QED) is 0.689. The van der Waals surface area contributed by atoms with Crippen molar-refractivity contribution < 1.29 is 19.4 Å². The lowest BCUT2D eigenvalue weighted by Gasteiger charge is -2.25. The summed E-state index contributed by atoms with van der Waals surface area (Å²) in [4.78, 5) is 37.3. The Bertz CT molecular complexity index is 567. The topological polar surface area (TPSA) is 108 Å². The monoisotopic (exact) mass is 266 g/mol. The number of hydrogen-bond acceptors (Lipinski definition) is 4. The predicted octanol–water partition coefficient (Wildman–Crippen LogP) is -0.406. The Hall–Kier alpha value is -2.15. The van der Waals surface area contributed by atoms with Gasteiger partial charge in [-0.25, -0.2) is 0 Å². The number of hydrogen-bond donors (Lipinski definition) is 3. The highest BCUT2D eigenvalue weighted by Gasteiger charge is 2.47. The van der Waals surface area contributed by atoms with E-state index >= 15 is 0 Å². The Balaban J connectivity index is 2.18. The van der Waals surface area contributed by atoms with Crippen molar-refractivity contribution in [3.8, 4) is 0 Å². The molecule has 1 aromatic rings. The maximum atomic E-state index is 12.0. The summed E-state index contributed by atoms with van der Waals surface area (Å²) in [6, 6.07) is 0.563. The molecule has 0 aliphatic carbocycles. The van der Waals surface area contributed by atoms with E-state index in [2.05, 4.69) is 10.3 Å². The van der Waals surface area contributed by atoms with E-state index in [9.17, 15) is 19.5 Å². The van der Waals surface area contributed by atoms with Crippen LogP contribution in [0.4, 0.5) is 0 Å². The normalized spacial score (nSPS) is 26.1. The number of rotatable bonds is 3. The van der Waals surface area contributed by atoms with Crippen molar-refractivity contribution in [2.75, 3.05) is 13.2 Å². The average molecular weight is 266 g/mol. The van der Waals surface area contributed by atoms with Gasteiger partial charge >= 0.3 is 5.97 Å². The van der Waals surface area contributed by atoms with Crippen LogP contribution in [0.5, 0.6) is 0 Å². The average Bonchev–Trinajstić information content (AvgIpc) is 2.73. The smallest absolute Gasteiger partial charge is 0.313 e. The SMILES string of the molecule is CC1(C(=O)O)COCC1NC(=O)c1c[nH]ccc1=O. The summed E-state index contributed by atoms with van der Waals surface area (Å²) in [7, 11) is 0. The number of carboxylic acids is 1. The van der Waals surface area contributed by atoms with E-state index in [1.165, 1.54) is 25.4 Å². The highest BCUT2D eigenvalue weighted by molar-refractivity contribution is 5.94.